The van der Waals surface area contributed by atoms with Gasteiger partial charge in [0.2, 0.25) is 0 Å². The largest absolute Gasteiger partial charge is 0.300 e. The van der Waals surface area contributed by atoms with Crippen LogP contribution in [0.5, 0.6) is 0 Å². The van der Waals surface area contributed by atoms with E-state index in [1.54, 1.807) is 0 Å². The van der Waals surface area contributed by atoms with Crippen LogP contribution in [0.4, 0.5) is 0 Å². The van der Waals surface area contributed by atoms with Crippen LogP contribution in [0, 0.1) is 0 Å². The van der Waals surface area contributed by atoms with E-state index in [9.17, 15) is 4.79 Å². The first-order chi connectivity index (χ1) is 6.81. The lowest BCUT2D eigenvalue weighted by molar-refractivity contribution is -0.119. The Balaban J connectivity index is 3.11. The van der Waals surface area contributed by atoms with Crippen molar-refractivity contribution >= 4 is 22.1 Å². The molecule has 0 unspecified atom stereocenters. The number of rotatable bonds is 10. The summed E-state index contributed by atoms with van der Waals surface area (Å²) in [6, 6.07) is 0. The van der Waals surface area contributed by atoms with Crippen LogP contribution in [0.25, 0.3) is 0 Å². The Kier molecular flexibility index (Phi) is 11.4. The summed E-state index contributed by atoms with van der Waals surface area (Å²) in [6.45, 7) is 2.20. The summed E-state index contributed by atoms with van der Waals surface area (Å²) in [5.41, 5.74) is 0. The van der Waals surface area contributed by atoms with Gasteiger partial charge < -0.3 is 0 Å². The molecule has 0 aromatic heterocycles. The highest BCUT2D eigenvalue weighted by Gasteiger charge is 2.00. The molecule has 0 atom stereocenters. The maximum Gasteiger partial charge on any atom is 0.132 e. The van der Waals surface area contributed by atoms with E-state index in [4.69, 9.17) is 0 Å². The molecule has 2 heteroatoms. The van der Waals surface area contributed by atoms with Crippen LogP contribution in [-0.2, 0) is 4.79 Å². The molecular formula is C12H23AlO. The molecule has 0 saturated carbocycles. The lowest BCUT2D eigenvalue weighted by Gasteiger charge is -2.00. The number of unbranched alkanes of at least 4 members (excludes halogenated alkanes) is 5. The maximum atomic E-state index is 11.4. The molecule has 0 aromatic carbocycles. The number of ketones is 1. The van der Waals surface area contributed by atoms with E-state index in [0.717, 1.165) is 25.7 Å². The van der Waals surface area contributed by atoms with Gasteiger partial charge >= 0.3 is 0 Å². The zero-order valence-electron chi connectivity index (χ0n) is 9.56. The van der Waals surface area contributed by atoms with Gasteiger partial charge in [-0.1, -0.05) is 39.0 Å². The second-order valence-electron chi connectivity index (χ2n) is 3.95. The van der Waals surface area contributed by atoms with Gasteiger partial charge in [-0.2, -0.15) is 0 Å². The van der Waals surface area contributed by atoms with Crippen molar-refractivity contribution in [3.63, 3.8) is 0 Å². The lowest BCUT2D eigenvalue weighted by atomic mass is 10.1. The number of hydrogen-bond donors (Lipinski definition) is 0. The Morgan fingerprint density at radius 2 is 1.50 bits per heavy atom. The normalized spacial score (nSPS) is 10.4. The Bertz CT molecular complexity index is 120. The second-order valence-corrected chi connectivity index (χ2v) is 4.53. The topological polar surface area (TPSA) is 17.1 Å². The predicted molar refractivity (Wildman–Crippen MR) is 62.8 cm³/mol. The molecule has 0 aliphatic heterocycles. The minimum atomic E-state index is 0.477. The number of carbonyl (C=O) groups is 1. The third-order valence-electron chi connectivity index (χ3n) is 2.47. The molecule has 0 aromatic rings. The molecule has 0 spiro atoms. The molecule has 14 heavy (non-hydrogen) atoms. The lowest BCUT2D eigenvalue weighted by Crippen LogP contribution is -1.97. The van der Waals surface area contributed by atoms with Gasteiger partial charge in [-0.25, -0.2) is 0 Å². The average Bonchev–Trinajstić information content (AvgIpc) is 2.19. The van der Waals surface area contributed by atoms with E-state index in [2.05, 4.69) is 23.2 Å². The van der Waals surface area contributed by atoms with Crippen molar-refractivity contribution in [1.29, 1.82) is 0 Å². The molecule has 0 bridgehead atoms. The summed E-state index contributed by atoms with van der Waals surface area (Å²) >= 11 is 2.73. The third kappa shape index (κ3) is 10.3. The zero-order chi connectivity index (χ0) is 10.6. The molecule has 80 valence electrons. The maximum absolute atomic E-state index is 11.4. The third-order valence-corrected chi connectivity index (χ3v) is 2.88. The molecule has 0 amide bonds. The first-order valence-corrected chi connectivity index (χ1v) is 6.84. The Morgan fingerprint density at radius 3 is 2.00 bits per heavy atom. The number of Topliss-reactive ketones (excluding diaryl/α,β-unsaturated/α-hetero) is 1. The van der Waals surface area contributed by atoms with Crippen molar-refractivity contribution in [1.82, 2.24) is 0 Å². The Morgan fingerprint density at radius 1 is 0.929 bits per heavy atom. The highest BCUT2D eigenvalue weighted by molar-refractivity contribution is 6.08. The van der Waals surface area contributed by atoms with Crippen molar-refractivity contribution in [3.05, 3.63) is 0 Å². The second kappa shape index (κ2) is 11.3. The molecule has 0 aliphatic rings. The number of carbonyl (C=O) groups excluding carboxylic acids is 1. The van der Waals surface area contributed by atoms with Crippen molar-refractivity contribution < 1.29 is 4.79 Å². The molecule has 2 radical (unpaired) electrons. The van der Waals surface area contributed by atoms with Crippen LogP contribution >= 0.6 is 0 Å². The van der Waals surface area contributed by atoms with E-state index in [1.807, 2.05) is 0 Å². The fourth-order valence-electron chi connectivity index (χ4n) is 1.52. The van der Waals surface area contributed by atoms with Gasteiger partial charge in [0.25, 0.3) is 0 Å². The van der Waals surface area contributed by atoms with E-state index < -0.39 is 0 Å². The summed E-state index contributed by atoms with van der Waals surface area (Å²) in [5, 5.41) is 1.17. The van der Waals surface area contributed by atoms with E-state index in [-0.39, 0.29) is 0 Å². The van der Waals surface area contributed by atoms with Gasteiger partial charge in [-0.3, -0.25) is 4.79 Å². The highest BCUT2D eigenvalue weighted by Crippen LogP contribution is 2.08. The fourth-order valence-corrected chi connectivity index (χ4v) is 1.81. The van der Waals surface area contributed by atoms with E-state index >= 15 is 0 Å². The zero-order valence-corrected chi connectivity index (χ0v) is 10.7. The van der Waals surface area contributed by atoms with Gasteiger partial charge in [0.15, 0.2) is 0 Å². The molecule has 0 rings (SSSR count). The molecule has 0 heterocycles. The fraction of sp³-hybridized carbons (Fsp3) is 0.917. The minimum absolute atomic E-state index is 0.477. The average molecular weight is 210 g/mol. The molecule has 1 nitrogen and oxygen atoms in total. The molecule has 0 aliphatic carbocycles. The van der Waals surface area contributed by atoms with Crippen LogP contribution in [-0.4, -0.2) is 22.1 Å². The summed E-state index contributed by atoms with van der Waals surface area (Å²) < 4.78 is 0. The summed E-state index contributed by atoms with van der Waals surface area (Å²) in [7, 11) is 0. The standard InChI is InChI=1S/C12H23O.Al/c1-3-5-7-9-11-12(13)10-8-6-4-2;/h2-11H2,1H3;. The smallest absolute Gasteiger partial charge is 0.132 e. The van der Waals surface area contributed by atoms with Crippen molar-refractivity contribution in [2.45, 2.75) is 70.0 Å². The first kappa shape index (κ1) is 14.2. The van der Waals surface area contributed by atoms with Crippen molar-refractivity contribution in [2.24, 2.45) is 0 Å². The van der Waals surface area contributed by atoms with Gasteiger partial charge in [-0.05, 0) is 12.8 Å². The van der Waals surface area contributed by atoms with Gasteiger partial charge in [0.05, 0.1) is 0 Å². The van der Waals surface area contributed by atoms with E-state index in [1.165, 1.54) is 37.4 Å². The molecule has 0 N–H and O–H groups in total. The predicted octanol–water partition coefficient (Wildman–Crippen LogP) is 3.67. The summed E-state index contributed by atoms with van der Waals surface area (Å²) in [6.07, 6.45) is 10.1. The van der Waals surface area contributed by atoms with Crippen LogP contribution in [0.1, 0.15) is 64.7 Å². The Hall–Kier alpha value is 0.202. The monoisotopic (exact) mass is 210 g/mol. The van der Waals surface area contributed by atoms with Crippen LogP contribution in [0.3, 0.4) is 0 Å². The van der Waals surface area contributed by atoms with Gasteiger partial charge in [0, 0.05) is 12.8 Å². The number of hydrogen-bond acceptors (Lipinski definition) is 1. The first-order valence-electron chi connectivity index (χ1n) is 6.03. The van der Waals surface area contributed by atoms with Gasteiger partial charge in [-0.15, -0.1) is 5.28 Å². The van der Waals surface area contributed by atoms with Gasteiger partial charge in [0.1, 0.15) is 22.1 Å². The molecular weight excluding hydrogens is 187 g/mol. The quantitative estimate of drug-likeness (QED) is 0.397. The van der Waals surface area contributed by atoms with Crippen LogP contribution in [0.15, 0.2) is 0 Å². The van der Waals surface area contributed by atoms with Crippen LogP contribution < -0.4 is 0 Å². The van der Waals surface area contributed by atoms with Crippen molar-refractivity contribution in [3.8, 4) is 0 Å². The van der Waals surface area contributed by atoms with E-state index in [0.29, 0.717) is 5.78 Å². The molecule has 0 saturated heterocycles. The summed E-state index contributed by atoms with van der Waals surface area (Å²) in [4.78, 5) is 11.4. The minimum Gasteiger partial charge on any atom is -0.300 e. The van der Waals surface area contributed by atoms with Crippen molar-refractivity contribution in [2.75, 3.05) is 0 Å². The SMILES string of the molecule is CCCCCCC(=O)CCCC[CH2][Al]. The molecule has 0 fully saturated rings. The highest BCUT2D eigenvalue weighted by atomic mass is 27.0. The summed E-state index contributed by atoms with van der Waals surface area (Å²) in [5.74, 6) is 0.477. The Labute approximate surface area is 97.1 Å². The van der Waals surface area contributed by atoms with Crippen LogP contribution in [0.2, 0.25) is 5.28 Å².